The van der Waals surface area contributed by atoms with E-state index in [9.17, 15) is 9.59 Å². The summed E-state index contributed by atoms with van der Waals surface area (Å²) in [5.41, 5.74) is 0.775. The van der Waals surface area contributed by atoms with E-state index in [1.54, 1.807) is 0 Å². The highest BCUT2D eigenvalue weighted by Gasteiger charge is 2.22. The van der Waals surface area contributed by atoms with E-state index < -0.39 is 12.1 Å². The minimum absolute atomic E-state index is 0.0108. The van der Waals surface area contributed by atoms with E-state index in [1.165, 1.54) is 0 Å². The van der Waals surface area contributed by atoms with Gasteiger partial charge in [0.1, 0.15) is 6.04 Å². The molecular weight excluding hydrogens is 346 g/mol. The zero-order valence-electron chi connectivity index (χ0n) is 13.2. The van der Waals surface area contributed by atoms with Gasteiger partial charge in [-0.15, -0.1) is 0 Å². The number of ketones is 1. The van der Waals surface area contributed by atoms with Crippen molar-refractivity contribution in [2.24, 2.45) is 0 Å². The summed E-state index contributed by atoms with van der Waals surface area (Å²) in [6.45, 7) is 4.44. The average molecular weight is 370 g/mol. The summed E-state index contributed by atoms with van der Waals surface area (Å²) in [6, 6.07) is 6.75. The summed E-state index contributed by atoms with van der Waals surface area (Å²) in [5, 5.41) is 2.69. The maximum Gasteiger partial charge on any atom is 0.407 e. The number of rotatable bonds is 9. The first kappa shape index (κ1) is 18.7. The molecule has 0 spiro atoms. The zero-order valence-corrected chi connectivity index (χ0v) is 14.8. The fourth-order valence-corrected chi connectivity index (χ4v) is 2.23. The molecule has 0 fully saturated rings. The number of amides is 1. The molecule has 1 aromatic carbocycles. The Labute approximate surface area is 140 Å². The van der Waals surface area contributed by atoms with Crippen LogP contribution in [0.15, 0.2) is 28.7 Å². The number of Topliss-reactive ketones (excluding diaryl/α,β-unsaturated/α-hetero) is 1. The molecule has 1 atom stereocenters. The normalized spacial score (nSPS) is 11.8. The number of carbonyl (C=O) groups is 2. The molecule has 1 amide bonds. The predicted molar refractivity (Wildman–Crippen MR) is 90.8 cm³/mol. The lowest BCUT2D eigenvalue weighted by atomic mass is 9.99. The first-order chi connectivity index (χ1) is 10.6. The van der Waals surface area contributed by atoms with Crippen molar-refractivity contribution in [3.63, 3.8) is 0 Å². The highest BCUT2D eigenvalue weighted by atomic mass is 79.9. The maximum atomic E-state index is 12.4. The average Bonchev–Trinajstić information content (AvgIpc) is 2.51. The van der Waals surface area contributed by atoms with E-state index in [-0.39, 0.29) is 5.78 Å². The van der Waals surface area contributed by atoms with Crippen LogP contribution in [0.4, 0.5) is 4.79 Å². The molecule has 0 heterocycles. The summed E-state index contributed by atoms with van der Waals surface area (Å²) in [7, 11) is 0. The molecule has 0 aromatic heterocycles. The van der Waals surface area contributed by atoms with Crippen LogP contribution in [0.3, 0.4) is 0 Å². The fraction of sp³-hybridized carbons (Fsp3) is 0.529. The van der Waals surface area contributed by atoms with Crippen molar-refractivity contribution < 1.29 is 14.3 Å². The van der Waals surface area contributed by atoms with Gasteiger partial charge in [-0.3, -0.25) is 4.79 Å². The fourth-order valence-electron chi connectivity index (χ4n) is 1.97. The summed E-state index contributed by atoms with van der Waals surface area (Å²) >= 11 is 3.37. The quantitative estimate of drug-likeness (QED) is 0.637. The van der Waals surface area contributed by atoms with E-state index in [1.807, 2.05) is 38.1 Å². The Morgan fingerprint density at radius 1 is 1.14 bits per heavy atom. The lowest BCUT2D eigenvalue weighted by molar-refractivity contribution is -0.121. The monoisotopic (exact) mass is 369 g/mol. The molecule has 0 aliphatic rings. The van der Waals surface area contributed by atoms with Crippen LogP contribution in [0.1, 0.15) is 57.6 Å². The third-order valence-electron chi connectivity index (χ3n) is 3.30. The molecule has 0 radical (unpaired) electrons. The van der Waals surface area contributed by atoms with Crippen molar-refractivity contribution >= 4 is 27.8 Å². The molecule has 1 rings (SSSR count). The van der Waals surface area contributed by atoms with E-state index in [0.29, 0.717) is 13.0 Å². The van der Waals surface area contributed by atoms with Crippen LogP contribution in [0.25, 0.3) is 0 Å². The second kappa shape index (κ2) is 10.4. The molecule has 0 saturated carbocycles. The molecule has 1 aromatic rings. The van der Waals surface area contributed by atoms with Gasteiger partial charge in [0.15, 0.2) is 5.78 Å². The number of nitrogens with one attached hydrogen (secondary N) is 1. The summed E-state index contributed by atoms with van der Waals surface area (Å²) in [4.78, 5) is 24.2. The summed E-state index contributed by atoms with van der Waals surface area (Å²) < 4.78 is 6.03. The van der Waals surface area contributed by atoms with Gasteiger partial charge in [-0.1, -0.05) is 54.8 Å². The minimum atomic E-state index is -0.645. The molecule has 0 bridgehead atoms. The number of ether oxygens (including phenoxy) is 1. The van der Waals surface area contributed by atoms with Crippen molar-refractivity contribution in [2.45, 2.75) is 52.0 Å². The van der Waals surface area contributed by atoms with E-state index >= 15 is 0 Å². The van der Waals surface area contributed by atoms with Gasteiger partial charge in [-0.25, -0.2) is 4.79 Å². The SMILES string of the molecule is CCCCOC(=O)NC(C(=O)CCCC)c1ccc(Br)cc1. The molecule has 0 aliphatic heterocycles. The standard InChI is InChI=1S/C17H24BrNO3/c1-3-5-7-15(20)16(13-8-10-14(18)11-9-13)19-17(21)22-12-6-4-2/h8-11,16H,3-7,12H2,1-2H3,(H,19,21). The van der Waals surface area contributed by atoms with E-state index in [0.717, 1.165) is 35.7 Å². The van der Waals surface area contributed by atoms with Gasteiger partial charge >= 0.3 is 6.09 Å². The Kier molecular flexibility index (Phi) is 8.82. The van der Waals surface area contributed by atoms with Crippen molar-refractivity contribution in [1.82, 2.24) is 5.32 Å². The molecule has 1 unspecified atom stereocenters. The number of hydrogen-bond donors (Lipinski definition) is 1. The van der Waals surface area contributed by atoms with Crippen molar-refractivity contribution in [2.75, 3.05) is 6.61 Å². The Morgan fingerprint density at radius 2 is 1.77 bits per heavy atom. The largest absolute Gasteiger partial charge is 0.450 e. The van der Waals surface area contributed by atoms with Crippen molar-refractivity contribution in [1.29, 1.82) is 0 Å². The van der Waals surface area contributed by atoms with E-state index in [2.05, 4.69) is 21.2 Å². The number of hydrogen-bond acceptors (Lipinski definition) is 3. The third kappa shape index (κ3) is 6.60. The lowest BCUT2D eigenvalue weighted by Gasteiger charge is -2.18. The van der Waals surface area contributed by atoms with Crippen molar-refractivity contribution in [3.8, 4) is 0 Å². The van der Waals surface area contributed by atoms with Gasteiger partial charge < -0.3 is 10.1 Å². The Balaban J connectivity index is 2.75. The van der Waals surface area contributed by atoms with Gasteiger partial charge in [-0.05, 0) is 30.5 Å². The minimum Gasteiger partial charge on any atom is -0.450 e. The van der Waals surface area contributed by atoms with Crippen LogP contribution < -0.4 is 5.32 Å². The van der Waals surface area contributed by atoms with Gasteiger partial charge in [0, 0.05) is 10.9 Å². The molecule has 5 heteroatoms. The van der Waals surface area contributed by atoms with Crippen LogP contribution in [0, 0.1) is 0 Å². The highest BCUT2D eigenvalue weighted by Crippen LogP contribution is 2.20. The second-order valence-electron chi connectivity index (χ2n) is 5.19. The number of halogens is 1. The van der Waals surface area contributed by atoms with Gasteiger partial charge in [-0.2, -0.15) is 0 Å². The van der Waals surface area contributed by atoms with Crippen LogP contribution >= 0.6 is 15.9 Å². The number of alkyl carbamates (subject to hydrolysis) is 1. The third-order valence-corrected chi connectivity index (χ3v) is 3.82. The van der Waals surface area contributed by atoms with Crippen LogP contribution in [0.5, 0.6) is 0 Å². The molecule has 0 saturated heterocycles. The van der Waals surface area contributed by atoms with Gasteiger partial charge in [0.25, 0.3) is 0 Å². The first-order valence-corrected chi connectivity index (χ1v) is 8.59. The Morgan fingerprint density at radius 3 is 2.36 bits per heavy atom. The molecule has 22 heavy (non-hydrogen) atoms. The number of carbonyl (C=O) groups excluding carboxylic acids is 2. The molecule has 4 nitrogen and oxygen atoms in total. The number of benzene rings is 1. The Bertz CT molecular complexity index is 473. The van der Waals surface area contributed by atoms with Gasteiger partial charge in [0.2, 0.25) is 0 Å². The van der Waals surface area contributed by atoms with Gasteiger partial charge in [0.05, 0.1) is 6.61 Å². The topological polar surface area (TPSA) is 55.4 Å². The van der Waals surface area contributed by atoms with Crippen molar-refractivity contribution in [3.05, 3.63) is 34.3 Å². The molecule has 122 valence electrons. The predicted octanol–water partition coefficient (Wildman–Crippen LogP) is 4.78. The summed E-state index contributed by atoms with van der Waals surface area (Å²) in [6.07, 6.45) is 3.45. The summed E-state index contributed by atoms with van der Waals surface area (Å²) in [5.74, 6) is 0.0108. The molecule has 0 aliphatic carbocycles. The second-order valence-corrected chi connectivity index (χ2v) is 6.10. The van der Waals surface area contributed by atoms with Crippen LogP contribution in [0.2, 0.25) is 0 Å². The van der Waals surface area contributed by atoms with Crippen LogP contribution in [-0.4, -0.2) is 18.5 Å². The lowest BCUT2D eigenvalue weighted by Crippen LogP contribution is -2.34. The first-order valence-electron chi connectivity index (χ1n) is 7.80. The maximum absolute atomic E-state index is 12.4. The molecular formula is C17H24BrNO3. The molecule has 1 N–H and O–H groups in total. The van der Waals surface area contributed by atoms with E-state index in [4.69, 9.17) is 4.74 Å². The zero-order chi connectivity index (χ0) is 16.4. The smallest absolute Gasteiger partial charge is 0.407 e. The Hall–Kier alpha value is -1.36. The van der Waals surface area contributed by atoms with Crippen LogP contribution in [-0.2, 0) is 9.53 Å². The number of unbranched alkanes of at least 4 members (excludes halogenated alkanes) is 2. The highest BCUT2D eigenvalue weighted by molar-refractivity contribution is 9.10.